The molecule has 8 heteroatoms. The molecule has 1 amide bonds. The molecule has 0 aliphatic carbocycles. The van der Waals surface area contributed by atoms with Crippen LogP contribution in [-0.4, -0.2) is 32.9 Å². The third-order valence-electron chi connectivity index (χ3n) is 3.80. The van der Waals surface area contributed by atoms with Crippen molar-refractivity contribution < 1.29 is 14.7 Å². The van der Waals surface area contributed by atoms with Gasteiger partial charge >= 0.3 is 5.97 Å². The van der Waals surface area contributed by atoms with Crippen molar-refractivity contribution in [3.63, 3.8) is 0 Å². The molecule has 6 nitrogen and oxygen atoms in total. The number of carbonyl (C=O) groups is 2. The quantitative estimate of drug-likeness (QED) is 0.822. The van der Waals surface area contributed by atoms with E-state index in [9.17, 15) is 14.7 Å². The number of nitrogens with two attached hydrogens (primary N) is 1. The van der Waals surface area contributed by atoms with Crippen LogP contribution in [0.5, 0.6) is 0 Å². The van der Waals surface area contributed by atoms with Crippen molar-refractivity contribution in [3.05, 3.63) is 16.8 Å². The van der Waals surface area contributed by atoms with Gasteiger partial charge in [0.05, 0.1) is 18.2 Å². The molecule has 2 atom stereocenters. The Kier molecular flexibility index (Phi) is 3.45. The summed E-state index contributed by atoms with van der Waals surface area (Å²) in [5.74, 6) is -1.01. The average Bonchev–Trinajstić information content (AvgIpc) is 2.91. The van der Waals surface area contributed by atoms with Crippen molar-refractivity contribution in [1.29, 1.82) is 0 Å². The third kappa shape index (κ3) is 2.22. The van der Waals surface area contributed by atoms with E-state index in [4.69, 9.17) is 5.73 Å². The predicted octanol–water partition coefficient (Wildman–Crippen LogP) is 2.00. The zero-order valence-electron chi connectivity index (χ0n) is 11.6. The van der Waals surface area contributed by atoms with Crippen molar-refractivity contribution in [2.75, 3.05) is 5.73 Å². The molecule has 3 N–H and O–H groups in total. The standard InChI is InChI=1S/C13H15N3O3S2/c1-5(2)9-6-3-7(20-13-15-4-8(14)21-13)10(12(18)19)16(6)11(9)17/h4-6,9H,3,14H2,1-2H3,(H,18,19). The summed E-state index contributed by atoms with van der Waals surface area (Å²) >= 11 is 2.62. The molecule has 1 saturated heterocycles. The number of thiazole rings is 1. The molecule has 112 valence electrons. The molecule has 0 radical (unpaired) electrons. The van der Waals surface area contributed by atoms with E-state index in [-0.39, 0.29) is 29.5 Å². The number of hydrogen-bond donors (Lipinski definition) is 2. The summed E-state index contributed by atoms with van der Waals surface area (Å²) in [7, 11) is 0. The number of rotatable bonds is 4. The maximum absolute atomic E-state index is 12.2. The number of nitrogens with zero attached hydrogens (tertiary/aromatic N) is 2. The summed E-state index contributed by atoms with van der Waals surface area (Å²) in [6.45, 7) is 3.99. The van der Waals surface area contributed by atoms with Gasteiger partial charge in [-0.3, -0.25) is 4.79 Å². The van der Waals surface area contributed by atoms with Crippen LogP contribution in [0.25, 0.3) is 0 Å². The average molecular weight is 325 g/mol. The van der Waals surface area contributed by atoms with E-state index < -0.39 is 5.97 Å². The second kappa shape index (κ2) is 5.03. The van der Waals surface area contributed by atoms with Crippen LogP contribution in [-0.2, 0) is 9.59 Å². The van der Waals surface area contributed by atoms with Gasteiger partial charge in [-0.1, -0.05) is 36.9 Å². The number of fused-ring (bicyclic) bond motifs is 1. The first-order valence-corrected chi connectivity index (χ1v) is 8.22. The molecule has 0 aromatic carbocycles. The van der Waals surface area contributed by atoms with E-state index >= 15 is 0 Å². The van der Waals surface area contributed by atoms with E-state index in [1.54, 1.807) is 6.20 Å². The highest BCUT2D eigenvalue weighted by Crippen LogP contribution is 2.50. The highest BCUT2D eigenvalue weighted by molar-refractivity contribution is 8.04. The smallest absolute Gasteiger partial charge is 0.353 e. The number of anilines is 1. The number of nitrogen functional groups attached to an aromatic ring is 1. The number of aliphatic carboxylic acids is 1. The van der Waals surface area contributed by atoms with E-state index in [2.05, 4.69) is 4.98 Å². The minimum absolute atomic E-state index is 0.0246. The van der Waals surface area contributed by atoms with Gasteiger partial charge in [-0.2, -0.15) is 0 Å². The van der Waals surface area contributed by atoms with Gasteiger partial charge in [-0.15, -0.1) is 0 Å². The van der Waals surface area contributed by atoms with Crippen LogP contribution in [0.2, 0.25) is 0 Å². The van der Waals surface area contributed by atoms with Gasteiger partial charge in [0.2, 0.25) is 5.91 Å². The van der Waals surface area contributed by atoms with Gasteiger partial charge in [0.1, 0.15) is 10.7 Å². The number of β-lactam (4-membered cyclic amide) rings is 1. The van der Waals surface area contributed by atoms with Crippen molar-refractivity contribution in [2.24, 2.45) is 11.8 Å². The zero-order valence-corrected chi connectivity index (χ0v) is 13.2. The molecule has 3 rings (SSSR count). The molecule has 0 saturated carbocycles. The van der Waals surface area contributed by atoms with E-state index in [1.165, 1.54) is 28.0 Å². The molecule has 1 fully saturated rings. The maximum atomic E-state index is 12.2. The Morgan fingerprint density at radius 3 is 2.86 bits per heavy atom. The molecule has 0 spiro atoms. The fourth-order valence-electron chi connectivity index (χ4n) is 2.95. The molecular weight excluding hydrogens is 310 g/mol. The largest absolute Gasteiger partial charge is 0.477 e. The molecular formula is C13H15N3O3S2. The van der Waals surface area contributed by atoms with Gasteiger partial charge < -0.3 is 15.7 Å². The van der Waals surface area contributed by atoms with Crippen molar-refractivity contribution in [1.82, 2.24) is 9.88 Å². The number of aromatic nitrogens is 1. The second-order valence-electron chi connectivity index (χ2n) is 5.46. The summed E-state index contributed by atoms with van der Waals surface area (Å²) in [5, 5.41) is 10.0. The van der Waals surface area contributed by atoms with Crippen LogP contribution in [0, 0.1) is 11.8 Å². The lowest BCUT2D eigenvalue weighted by molar-refractivity contribution is -0.157. The fraction of sp³-hybridized carbons (Fsp3) is 0.462. The zero-order chi connectivity index (χ0) is 15.3. The maximum Gasteiger partial charge on any atom is 0.353 e. The van der Waals surface area contributed by atoms with E-state index in [0.29, 0.717) is 20.7 Å². The van der Waals surface area contributed by atoms with Gasteiger partial charge in [0.15, 0.2) is 4.34 Å². The lowest BCUT2D eigenvalue weighted by atomic mass is 9.79. The van der Waals surface area contributed by atoms with E-state index in [1.807, 2.05) is 13.8 Å². The molecule has 2 aliphatic heterocycles. The monoisotopic (exact) mass is 325 g/mol. The lowest BCUT2D eigenvalue weighted by Crippen LogP contribution is -2.60. The van der Waals surface area contributed by atoms with Crippen LogP contribution >= 0.6 is 23.1 Å². The Balaban J connectivity index is 1.89. The summed E-state index contributed by atoms with van der Waals surface area (Å²) in [6.07, 6.45) is 2.14. The number of carboxylic acid groups (broad SMARTS) is 1. The molecule has 3 heterocycles. The van der Waals surface area contributed by atoms with Gasteiger partial charge in [-0.25, -0.2) is 9.78 Å². The number of carbonyl (C=O) groups excluding carboxylic acids is 1. The predicted molar refractivity (Wildman–Crippen MR) is 80.6 cm³/mol. The summed E-state index contributed by atoms with van der Waals surface area (Å²) < 4.78 is 0.706. The minimum atomic E-state index is -1.06. The number of hydrogen-bond acceptors (Lipinski definition) is 6. The number of carboxylic acids is 1. The Labute approximate surface area is 130 Å². The summed E-state index contributed by atoms with van der Waals surface area (Å²) in [4.78, 5) is 30.0. The topological polar surface area (TPSA) is 96.5 Å². The minimum Gasteiger partial charge on any atom is -0.477 e. The molecule has 1 aromatic rings. The highest BCUT2D eigenvalue weighted by Gasteiger charge is 2.56. The molecule has 0 bridgehead atoms. The second-order valence-corrected chi connectivity index (χ2v) is 7.86. The SMILES string of the molecule is CC(C)C1C(=O)N2C(C(=O)O)=C(Sc3ncc(N)s3)CC12. The Morgan fingerprint density at radius 2 is 2.33 bits per heavy atom. The molecule has 1 aromatic heterocycles. The van der Waals surface area contributed by atoms with Crippen LogP contribution in [0.4, 0.5) is 5.00 Å². The van der Waals surface area contributed by atoms with Crippen molar-refractivity contribution >= 4 is 40.0 Å². The first-order chi connectivity index (χ1) is 9.90. The molecule has 21 heavy (non-hydrogen) atoms. The Hall–Kier alpha value is -1.54. The van der Waals surface area contributed by atoms with Gasteiger partial charge in [-0.05, 0) is 5.92 Å². The first kappa shape index (κ1) is 14.4. The van der Waals surface area contributed by atoms with E-state index in [0.717, 1.165) is 0 Å². The van der Waals surface area contributed by atoms with Crippen LogP contribution in [0.15, 0.2) is 21.1 Å². The van der Waals surface area contributed by atoms with Gasteiger partial charge in [0.25, 0.3) is 0 Å². The summed E-state index contributed by atoms with van der Waals surface area (Å²) in [5.41, 5.74) is 5.76. The summed E-state index contributed by atoms with van der Waals surface area (Å²) in [6, 6.07) is -0.0246. The number of thioether (sulfide) groups is 1. The van der Waals surface area contributed by atoms with Crippen molar-refractivity contribution in [3.8, 4) is 0 Å². The van der Waals surface area contributed by atoms with Gasteiger partial charge in [0, 0.05) is 11.3 Å². The number of amides is 1. The third-order valence-corrected chi connectivity index (χ3v) is 5.81. The lowest BCUT2D eigenvalue weighted by Gasteiger charge is -2.45. The molecule has 2 unspecified atom stereocenters. The normalized spacial score (nSPS) is 24.5. The van der Waals surface area contributed by atoms with Crippen LogP contribution in [0.1, 0.15) is 20.3 Å². The molecule has 2 aliphatic rings. The highest BCUT2D eigenvalue weighted by atomic mass is 32.2. The Bertz CT molecular complexity index is 653. The van der Waals surface area contributed by atoms with Crippen LogP contribution in [0.3, 0.4) is 0 Å². The Morgan fingerprint density at radius 1 is 1.62 bits per heavy atom. The van der Waals surface area contributed by atoms with Crippen molar-refractivity contribution in [2.45, 2.75) is 30.6 Å². The van der Waals surface area contributed by atoms with Crippen LogP contribution < -0.4 is 5.73 Å². The fourth-order valence-corrected chi connectivity index (χ4v) is 4.97. The first-order valence-electron chi connectivity index (χ1n) is 6.58.